The van der Waals surface area contributed by atoms with Gasteiger partial charge in [-0.25, -0.2) is 0 Å². The lowest BCUT2D eigenvalue weighted by Crippen LogP contribution is -2.41. The van der Waals surface area contributed by atoms with E-state index in [2.05, 4.69) is 15.2 Å². The monoisotopic (exact) mass is 296 g/mol. The third-order valence-corrected chi connectivity index (χ3v) is 3.41. The third-order valence-electron chi connectivity index (χ3n) is 3.41. The molecular formula is C14H24N4O3. The molecule has 0 aliphatic heterocycles. The van der Waals surface area contributed by atoms with Gasteiger partial charge in [0.1, 0.15) is 0 Å². The zero-order valence-corrected chi connectivity index (χ0v) is 13.6. The highest BCUT2D eigenvalue weighted by Gasteiger charge is 2.19. The molecule has 0 unspecified atom stereocenters. The summed E-state index contributed by atoms with van der Waals surface area (Å²) in [6.07, 6.45) is 0. The average molecular weight is 296 g/mol. The van der Waals surface area contributed by atoms with E-state index in [4.69, 9.17) is 0 Å². The maximum atomic E-state index is 12.2. The number of amides is 1. The topological polar surface area (TPSA) is 76.5 Å². The standard InChI is InChI=1S/C14H24N4O3/c1-9(2)18(8-13(20)21-6)7-12(19)15-14-10(3)16-17(5)11(14)4/h9H,7-8H2,1-6H3,(H,15,19). The SMILES string of the molecule is COC(=O)CN(CC(=O)Nc1c(C)nn(C)c1C)C(C)C. The van der Waals surface area contributed by atoms with Crippen molar-refractivity contribution >= 4 is 17.6 Å². The van der Waals surface area contributed by atoms with Crippen molar-refractivity contribution in [1.82, 2.24) is 14.7 Å². The molecule has 1 rings (SSSR count). The normalized spacial score (nSPS) is 11.0. The van der Waals surface area contributed by atoms with Gasteiger partial charge in [0, 0.05) is 13.1 Å². The minimum atomic E-state index is -0.356. The van der Waals surface area contributed by atoms with Crippen LogP contribution in [0.25, 0.3) is 0 Å². The summed E-state index contributed by atoms with van der Waals surface area (Å²) in [4.78, 5) is 25.3. The van der Waals surface area contributed by atoms with Crippen molar-refractivity contribution in [2.75, 3.05) is 25.5 Å². The minimum Gasteiger partial charge on any atom is -0.468 e. The van der Waals surface area contributed by atoms with Crippen molar-refractivity contribution in [2.45, 2.75) is 33.7 Å². The molecule has 21 heavy (non-hydrogen) atoms. The Labute approximate surface area is 125 Å². The summed E-state index contributed by atoms with van der Waals surface area (Å²) in [7, 11) is 3.17. The number of methoxy groups -OCH3 is 1. The van der Waals surface area contributed by atoms with Gasteiger partial charge in [0.05, 0.1) is 37.3 Å². The van der Waals surface area contributed by atoms with Crippen LogP contribution >= 0.6 is 0 Å². The Bertz CT molecular complexity index is 523. The van der Waals surface area contributed by atoms with Gasteiger partial charge in [-0.3, -0.25) is 19.2 Å². The number of aromatic nitrogens is 2. The Morgan fingerprint density at radius 2 is 1.95 bits per heavy atom. The van der Waals surface area contributed by atoms with Crippen LogP contribution in [0.5, 0.6) is 0 Å². The molecule has 0 saturated carbocycles. The molecule has 7 heteroatoms. The van der Waals surface area contributed by atoms with Gasteiger partial charge >= 0.3 is 5.97 Å². The van der Waals surface area contributed by atoms with Crippen molar-refractivity contribution in [3.8, 4) is 0 Å². The molecule has 7 nitrogen and oxygen atoms in total. The predicted octanol–water partition coefficient (Wildman–Crippen LogP) is 0.859. The summed E-state index contributed by atoms with van der Waals surface area (Å²) in [5.74, 6) is -0.531. The van der Waals surface area contributed by atoms with Crippen LogP contribution in [0.15, 0.2) is 0 Å². The average Bonchev–Trinajstić information content (AvgIpc) is 2.64. The second-order valence-electron chi connectivity index (χ2n) is 5.29. The van der Waals surface area contributed by atoms with Crippen LogP contribution < -0.4 is 5.32 Å². The Balaban J connectivity index is 2.72. The largest absolute Gasteiger partial charge is 0.468 e. The van der Waals surface area contributed by atoms with Crippen molar-refractivity contribution < 1.29 is 14.3 Å². The second kappa shape index (κ2) is 7.21. The Hall–Kier alpha value is -1.89. The number of rotatable bonds is 6. The van der Waals surface area contributed by atoms with E-state index in [1.54, 1.807) is 9.58 Å². The summed E-state index contributed by atoms with van der Waals surface area (Å²) < 4.78 is 6.37. The van der Waals surface area contributed by atoms with E-state index in [0.29, 0.717) is 0 Å². The van der Waals surface area contributed by atoms with Gasteiger partial charge in [-0.2, -0.15) is 5.10 Å². The van der Waals surface area contributed by atoms with Crippen LogP contribution in [-0.4, -0.2) is 52.8 Å². The van der Waals surface area contributed by atoms with Crippen LogP contribution in [0.2, 0.25) is 0 Å². The Morgan fingerprint density at radius 3 is 2.38 bits per heavy atom. The molecule has 0 fully saturated rings. The molecule has 0 aliphatic rings. The smallest absolute Gasteiger partial charge is 0.319 e. The summed E-state index contributed by atoms with van der Waals surface area (Å²) in [6.45, 7) is 7.81. The van der Waals surface area contributed by atoms with Gasteiger partial charge < -0.3 is 10.1 Å². The number of esters is 1. The van der Waals surface area contributed by atoms with E-state index in [1.807, 2.05) is 34.7 Å². The minimum absolute atomic E-state index is 0.0611. The molecule has 0 aromatic carbocycles. The lowest BCUT2D eigenvalue weighted by atomic mass is 10.3. The zero-order chi connectivity index (χ0) is 16.2. The fourth-order valence-corrected chi connectivity index (χ4v) is 1.97. The number of aryl methyl sites for hydroxylation is 2. The van der Waals surface area contributed by atoms with Gasteiger partial charge in [0.25, 0.3) is 0 Å². The molecule has 118 valence electrons. The number of hydrogen-bond acceptors (Lipinski definition) is 5. The molecule has 0 saturated heterocycles. The quantitative estimate of drug-likeness (QED) is 0.788. The van der Waals surface area contributed by atoms with Gasteiger partial charge in [0.15, 0.2) is 0 Å². The first-order valence-corrected chi connectivity index (χ1v) is 6.87. The maximum Gasteiger partial charge on any atom is 0.319 e. The number of hydrogen-bond donors (Lipinski definition) is 1. The van der Waals surface area contributed by atoms with E-state index in [0.717, 1.165) is 17.1 Å². The molecule has 1 aromatic heterocycles. The summed E-state index contributed by atoms with van der Waals surface area (Å²) in [6, 6.07) is 0.0611. The summed E-state index contributed by atoms with van der Waals surface area (Å²) >= 11 is 0. The van der Waals surface area contributed by atoms with Crippen LogP contribution in [-0.2, 0) is 21.4 Å². The van der Waals surface area contributed by atoms with Crippen LogP contribution in [0.1, 0.15) is 25.2 Å². The first kappa shape index (κ1) is 17.2. The van der Waals surface area contributed by atoms with Crippen LogP contribution in [0.4, 0.5) is 5.69 Å². The molecule has 0 spiro atoms. The number of nitrogens with zero attached hydrogens (tertiary/aromatic N) is 3. The third kappa shape index (κ3) is 4.56. The molecule has 0 bridgehead atoms. The lowest BCUT2D eigenvalue weighted by molar-refractivity contribution is -0.142. The molecule has 1 amide bonds. The highest BCUT2D eigenvalue weighted by atomic mass is 16.5. The molecule has 0 radical (unpaired) electrons. The maximum absolute atomic E-state index is 12.2. The van der Waals surface area contributed by atoms with Gasteiger partial charge in [0.2, 0.25) is 5.91 Å². The molecule has 1 heterocycles. The van der Waals surface area contributed by atoms with E-state index < -0.39 is 0 Å². The first-order chi connectivity index (χ1) is 9.76. The molecule has 1 N–H and O–H groups in total. The first-order valence-electron chi connectivity index (χ1n) is 6.87. The van der Waals surface area contributed by atoms with Crippen molar-refractivity contribution in [2.24, 2.45) is 7.05 Å². The zero-order valence-electron chi connectivity index (χ0n) is 13.6. The number of carbonyl (C=O) groups is 2. The Morgan fingerprint density at radius 1 is 1.33 bits per heavy atom. The summed E-state index contributed by atoms with van der Waals surface area (Å²) in [5, 5.41) is 7.11. The highest BCUT2D eigenvalue weighted by Crippen LogP contribution is 2.18. The number of anilines is 1. The molecule has 1 aromatic rings. The van der Waals surface area contributed by atoms with E-state index in [9.17, 15) is 9.59 Å². The second-order valence-corrected chi connectivity index (χ2v) is 5.29. The van der Waals surface area contributed by atoms with E-state index >= 15 is 0 Å². The van der Waals surface area contributed by atoms with Crippen LogP contribution in [0, 0.1) is 13.8 Å². The van der Waals surface area contributed by atoms with Gasteiger partial charge in [-0.05, 0) is 27.7 Å². The fourth-order valence-electron chi connectivity index (χ4n) is 1.97. The highest BCUT2D eigenvalue weighted by molar-refractivity contribution is 5.93. The summed E-state index contributed by atoms with van der Waals surface area (Å²) in [5.41, 5.74) is 2.39. The van der Waals surface area contributed by atoms with Crippen molar-refractivity contribution in [3.63, 3.8) is 0 Å². The van der Waals surface area contributed by atoms with E-state index in [1.165, 1.54) is 7.11 Å². The van der Waals surface area contributed by atoms with E-state index in [-0.39, 0.29) is 31.0 Å². The molecule has 0 atom stereocenters. The fraction of sp³-hybridized carbons (Fsp3) is 0.643. The van der Waals surface area contributed by atoms with Crippen molar-refractivity contribution in [3.05, 3.63) is 11.4 Å². The number of ether oxygens (including phenoxy) is 1. The van der Waals surface area contributed by atoms with Crippen LogP contribution in [0.3, 0.4) is 0 Å². The predicted molar refractivity (Wildman–Crippen MR) is 80.0 cm³/mol. The molecular weight excluding hydrogens is 272 g/mol. The van der Waals surface area contributed by atoms with Gasteiger partial charge in [-0.15, -0.1) is 0 Å². The lowest BCUT2D eigenvalue weighted by Gasteiger charge is -2.24. The molecule has 0 aliphatic carbocycles. The Kier molecular flexibility index (Phi) is 5.90. The number of nitrogens with one attached hydrogen (secondary N) is 1. The number of carbonyl (C=O) groups excluding carboxylic acids is 2. The van der Waals surface area contributed by atoms with Crippen molar-refractivity contribution in [1.29, 1.82) is 0 Å². The van der Waals surface area contributed by atoms with Gasteiger partial charge in [-0.1, -0.05) is 0 Å².